The van der Waals surface area contributed by atoms with Crippen LogP contribution in [0.2, 0.25) is 0 Å². The molecule has 1 aromatic rings. The van der Waals surface area contributed by atoms with Crippen molar-refractivity contribution in [1.29, 1.82) is 0 Å². The minimum absolute atomic E-state index is 0.173. The third-order valence-corrected chi connectivity index (χ3v) is 4.85. The fourth-order valence-electron chi connectivity index (χ4n) is 1.76. The lowest BCUT2D eigenvalue weighted by atomic mass is 9.85. The lowest BCUT2D eigenvalue weighted by Gasteiger charge is -2.31. The second kappa shape index (κ2) is 4.40. The molecule has 0 N–H and O–H groups in total. The van der Waals surface area contributed by atoms with Crippen LogP contribution in [0.4, 0.5) is 0 Å². The number of carbonyl (C=O) groups is 1. The van der Waals surface area contributed by atoms with Gasteiger partial charge in [-0.1, -0.05) is 0 Å². The summed E-state index contributed by atoms with van der Waals surface area (Å²) in [6.45, 7) is 0. The van der Waals surface area contributed by atoms with E-state index < -0.39 is 15.1 Å². The summed E-state index contributed by atoms with van der Waals surface area (Å²) in [5.74, 6) is -0.672. The molecule has 7 heteroatoms. The molecule has 0 bridgehead atoms. The van der Waals surface area contributed by atoms with Gasteiger partial charge in [0.1, 0.15) is 0 Å². The molecule has 1 aromatic heterocycles. The first-order valence-corrected chi connectivity index (χ1v) is 6.69. The van der Waals surface area contributed by atoms with Crippen molar-refractivity contribution < 1.29 is 17.9 Å². The van der Waals surface area contributed by atoms with Crippen LogP contribution >= 0.6 is 0 Å². The van der Waals surface area contributed by atoms with Gasteiger partial charge in [0.25, 0.3) is 0 Å². The Morgan fingerprint density at radius 2 is 1.94 bits per heavy atom. The first-order chi connectivity index (χ1) is 8.05. The fraction of sp³-hybridized carbons (Fsp3) is 0.500. The minimum Gasteiger partial charge on any atom is -0.469 e. The van der Waals surface area contributed by atoms with Crippen LogP contribution in [0.25, 0.3) is 0 Å². The Morgan fingerprint density at radius 3 is 2.47 bits per heavy atom. The smallest absolute Gasteiger partial charge is 0.308 e. The molecule has 2 rings (SSSR count). The summed E-state index contributed by atoms with van der Waals surface area (Å²) >= 11 is 0. The molecule has 6 nitrogen and oxygen atoms in total. The summed E-state index contributed by atoms with van der Waals surface area (Å²) in [4.78, 5) is 18.6. The lowest BCUT2D eigenvalue weighted by Crippen LogP contribution is -2.40. The summed E-state index contributed by atoms with van der Waals surface area (Å²) in [6, 6.07) is 1.55. The molecule has 0 aromatic carbocycles. The van der Waals surface area contributed by atoms with Crippen molar-refractivity contribution in [2.45, 2.75) is 23.2 Å². The summed E-state index contributed by atoms with van der Waals surface area (Å²) in [6.07, 6.45) is 3.34. The highest BCUT2D eigenvalue weighted by molar-refractivity contribution is 7.91. The third kappa shape index (κ3) is 2.14. The van der Waals surface area contributed by atoms with E-state index in [0.29, 0.717) is 0 Å². The maximum atomic E-state index is 12.0. The largest absolute Gasteiger partial charge is 0.469 e. The van der Waals surface area contributed by atoms with Gasteiger partial charge in [0.15, 0.2) is 0 Å². The summed E-state index contributed by atoms with van der Waals surface area (Å²) in [5.41, 5.74) is 0. The van der Waals surface area contributed by atoms with Crippen molar-refractivity contribution >= 4 is 15.8 Å². The molecular formula is C10H12N2O4S. The van der Waals surface area contributed by atoms with Gasteiger partial charge in [0, 0.05) is 12.4 Å². The Hall–Kier alpha value is -1.50. The minimum atomic E-state index is -3.51. The van der Waals surface area contributed by atoms with Crippen molar-refractivity contribution in [2.24, 2.45) is 5.92 Å². The predicted molar refractivity (Wildman–Crippen MR) is 57.7 cm³/mol. The van der Waals surface area contributed by atoms with Gasteiger partial charge in [0.05, 0.1) is 18.3 Å². The summed E-state index contributed by atoms with van der Waals surface area (Å²) in [5, 5.41) is -0.748. The van der Waals surface area contributed by atoms with E-state index in [9.17, 15) is 13.2 Å². The molecule has 0 aliphatic heterocycles. The van der Waals surface area contributed by atoms with E-state index in [4.69, 9.17) is 0 Å². The Bertz CT molecular complexity index is 508. The molecular weight excluding hydrogens is 244 g/mol. The van der Waals surface area contributed by atoms with Crippen molar-refractivity contribution in [1.82, 2.24) is 9.97 Å². The number of sulfone groups is 1. The molecule has 0 saturated heterocycles. The molecule has 92 valence electrons. The maximum absolute atomic E-state index is 12.0. The van der Waals surface area contributed by atoms with Crippen LogP contribution in [0.5, 0.6) is 0 Å². The van der Waals surface area contributed by atoms with Crippen molar-refractivity contribution in [3.63, 3.8) is 0 Å². The van der Waals surface area contributed by atoms with Crippen molar-refractivity contribution in [3.8, 4) is 0 Å². The van der Waals surface area contributed by atoms with E-state index in [2.05, 4.69) is 14.7 Å². The summed E-state index contributed by atoms with van der Waals surface area (Å²) < 4.78 is 28.5. The van der Waals surface area contributed by atoms with E-state index in [1.807, 2.05) is 0 Å². The molecule has 0 unspecified atom stereocenters. The Kier molecular flexibility index (Phi) is 3.10. The Labute approximate surface area is 99.0 Å². The normalized spacial score (nSPS) is 23.8. The molecule has 0 radical (unpaired) electrons. The number of carbonyl (C=O) groups excluding carboxylic acids is 1. The van der Waals surface area contributed by atoms with Crippen LogP contribution in [0.1, 0.15) is 12.8 Å². The summed E-state index contributed by atoms with van der Waals surface area (Å²) in [7, 11) is -2.21. The van der Waals surface area contributed by atoms with Crippen LogP contribution in [-0.2, 0) is 19.4 Å². The Morgan fingerprint density at radius 1 is 1.35 bits per heavy atom. The van der Waals surface area contributed by atoms with E-state index in [1.54, 1.807) is 6.07 Å². The van der Waals surface area contributed by atoms with E-state index in [0.717, 1.165) is 0 Å². The van der Waals surface area contributed by atoms with Crippen LogP contribution in [0.3, 0.4) is 0 Å². The molecule has 17 heavy (non-hydrogen) atoms. The third-order valence-electron chi connectivity index (χ3n) is 2.86. The quantitative estimate of drug-likeness (QED) is 0.567. The maximum Gasteiger partial charge on any atom is 0.308 e. The number of hydrogen-bond acceptors (Lipinski definition) is 6. The van der Waals surface area contributed by atoms with Gasteiger partial charge in [-0.15, -0.1) is 0 Å². The average molecular weight is 256 g/mol. The molecule has 1 aliphatic carbocycles. The van der Waals surface area contributed by atoms with Crippen LogP contribution in [-0.4, -0.2) is 36.7 Å². The first kappa shape index (κ1) is 12.0. The highest BCUT2D eigenvalue weighted by atomic mass is 32.2. The monoisotopic (exact) mass is 256 g/mol. The SMILES string of the molecule is COC(=O)[C@H]1C[C@H](S(=O)(=O)c2ncccn2)C1. The number of ether oxygens (including phenoxy) is 1. The number of nitrogens with zero attached hydrogens (tertiary/aromatic N) is 2. The number of aromatic nitrogens is 2. The molecule has 0 atom stereocenters. The van der Waals surface area contributed by atoms with Gasteiger partial charge >= 0.3 is 5.97 Å². The average Bonchev–Trinajstić information content (AvgIpc) is 2.27. The van der Waals surface area contributed by atoms with E-state index in [1.165, 1.54) is 19.5 Å². The molecule has 0 spiro atoms. The van der Waals surface area contributed by atoms with E-state index >= 15 is 0 Å². The number of hydrogen-bond donors (Lipinski definition) is 0. The molecule has 1 saturated carbocycles. The lowest BCUT2D eigenvalue weighted by molar-refractivity contribution is -0.148. The van der Waals surface area contributed by atoms with Gasteiger partial charge in [-0.25, -0.2) is 18.4 Å². The Balaban J connectivity index is 2.09. The zero-order valence-corrected chi connectivity index (χ0v) is 10.1. The molecule has 1 heterocycles. The second-order valence-corrected chi connectivity index (χ2v) is 6.01. The van der Waals surface area contributed by atoms with Gasteiger partial charge in [0.2, 0.25) is 15.0 Å². The zero-order chi connectivity index (χ0) is 12.5. The fourth-order valence-corrected chi connectivity index (χ4v) is 3.44. The van der Waals surface area contributed by atoms with Gasteiger partial charge in [-0.2, -0.15) is 0 Å². The topological polar surface area (TPSA) is 86.2 Å². The van der Waals surface area contributed by atoms with Crippen LogP contribution in [0.15, 0.2) is 23.6 Å². The van der Waals surface area contributed by atoms with Crippen LogP contribution in [0, 0.1) is 5.92 Å². The van der Waals surface area contributed by atoms with Gasteiger partial charge < -0.3 is 4.74 Å². The first-order valence-electron chi connectivity index (χ1n) is 5.14. The zero-order valence-electron chi connectivity index (χ0n) is 9.24. The van der Waals surface area contributed by atoms with Crippen molar-refractivity contribution in [2.75, 3.05) is 7.11 Å². The number of rotatable bonds is 3. The van der Waals surface area contributed by atoms with Crippen molar-refractivity contribution in [3.05, 3.63) is 18.5 Å². The van der Waals surface area contributed by atoms with Crippen LogP contribution < -0.4 is 0 Å². The predicted octanol–water partition coefficient (Wildman–Crippen LogP) is 0.202. The van der Waals surface area contributed by atoms with E-state index in [-0.39, 0.29) is 29.9 Å². The molecule has 1 fully saturated rings. The number of esters is 1. The molecule has 0 amide bonds. The standard InChI is InChI=1S/C10H12N2O4S/c1-16-9(13)7-5-8(6-7)17(14,15)10-11-3-2-4-12-10/h2-4,7-8H,5-6H2,1H3/t7-,8-. The number of methoxy groups -OCH3 is 1. The highest BCUT2D eigenvalue weighted by Gasteiger charge is 2.44. The van der Waals surface area contributed by atoms with Gasteiger partial charge in [-0.3, -0.25) is 4.79 Å². The second-order valence-electron chi connectivity index (χ2n) is 3.89. The highest BCUT2D eigenvalue weighted by Crippen LogP contribution is 2.35. The molecule has 1 aliphatic rings. The van der Waals surface area contributed by atoms with Gasteiger partial charge in [-0.05, 0) is 18.9 Å².